The fourth-order valence-electron chi connectivity index (χ4n) is 4.06. The number of carbonyl (C=O) groups excluding carboxylic acids is 3. The standard InChI is InChI=1S/C25H22N4O5S/c1-14(30)28-25-27-12-18(35-25)17-13-33-23-19(26)22(31)29(23)20(17)24(32)34-21(15-8-4-2-5-9-15)16-10-6-3-7-11-16/h2-12,19,21,23H,13,26H2,1H3,(H,27,28,30). The van der Waals surface area contributed by atoms with Crippen LogP contribution in [0.2, 0.25) is 0 Å². The maximum absolute atomic E-state index is 13.7. The van der Waals surface area contributed by atoms with E-state index in [1.54, 1.807) is 0 Å². The van der Waals surface area contributed by atoms with Gasteiger partial charge in [-0.25, -0.2) is 9.78 Å². The first-order valence-corrected chi connectivity index (χ1v) is 11.7. The van der Waals surface area contributed by atoms with Crippen LogP contribution >= 0.6 is 11.3 Å². The molecular weight excluding hydrogens is 468 g/mol. The van der Waals surface area contributed by atoms with Gasteiger partial charge in [0.1, 0.15) is 11.7 Å². The van der Waals surface area contributed by atoms with Gasteiger partial charge in [0, 0.05) is 18.7 Å². The van der Waals surface area contributed by atoms with E-state index in [9.17, 15) is 14.4 Å². The van der Waals surface area contributed by atoms with Crippen molar-refractivity contribution in [1.82, 2.24) is 9.88 Å². The highest BCUT2D eigenvalue weighted by Gasteiger charge is 2.53. The summed E-state index contributed by atoms with van der Waals surface area (Å²) in [5, 5.41) is 2.99. The minimum atomic E-state index is -0.852. The fourth-order valence-corrected chi connectivity index (χ4v) is 4.96. The Bertz CT molecular complexity index is 1270. The average Bonchev–Trinajstić information content (AvgIpc) is 3.34. The molecule has 3 N–H and O–H groups in total. The van der Waals surface area contributed by atoms with Crippen LogP contribution < -0.4 is 11.1 Å². The van der Waals surface area contributed by atoms with Crippen molar-refractivity contribution in [3.05, 3.63) is 88.6 Å². The van der Waals surface area contributed by atoms with Crippen molar-refractivity contribution < 1.29 is 23.9 Å². The molecule has 2 unspecified atom stereocenters. The number of anilines is 1. The number of nitrogens with zero attached hydrogens (tertiary/aromatic N) is 2. The highest BCUT2D eigenvalue weighted by Crippen LogP contribution is 2.39. The van der Waals surface area contributed by atoms with Crippen LogP contribution in [-0.2, 0) is 23.9 Å². The van der Waals surface area contributed by atoms with Crippen LogP contribution in [0.1, 0.15) is 29.0 Å². The van der Waals surface area contributed by atoms with Gasteiger partial charge in [0.05, 0.1) is 11.5 Å². The molecule has 9 nitrogen and oxygen atoms in total. The summed E-state index contributed by atoms with van der Waals surface area (Å²) >= 11 is 1.17. The third kappa shape index (κ3) is 4.34. The summed E-state index contributed by atoms with van der Waals surface area (Å²) in [5.41, 5.74) is 8.01. The van der Waals surface area contributed by atoms with E-state index in [0.717, 1.165) is 11.1 Å². The largest absolute Gasteiger partial charge is 0.448 e. The summed E-state index contributed by atoms with van der Waals surface area (Å²) in [5.74, 6) is -1.38. The maximum Gasteiger partial charge on any atom is 0.356 e. The van der Waals surface area contributed by atoms with Crippen LogP contribution in [0.25, 0.3) is 5.57 Å². The van der Waals surface area contributed by atoms with Gasteiger partial charge < -0.3 is 20.5 Å². The predicted molar refractivity (Wildman–Crippen MR) is 129 cm³/mol. The summed E-state index contributed by atoms with van der Waals surface area (Å²) in [4.78, 5) is 43.8. The lowest BCUT2D eigenvalue weighted by Crippen LogP contribution is -2.71. The first-order chi connectivity index (χ1) is 16.9. The molecule has 2 aliphatic heterocycles. The highest BCUT2D eigenvalue weighted by molar-refractivity contribution is 7.16. The van der Waals surface area contributed by atoms with E-state index in [-0.39, 0.29) is 18.2 Å². The van der Waals surface area contributed by atoms with Crippen molar-refractivity contribution in [3.63, 3.8) is 0 Å². The second kappa shape index (κ2) is 9.41. The molecule has 2 atom stereocenters. The van der Waals surface area contributed by atoms with Gasteiger partial charge in [0.25, 0.3) is 5.91 Å². The van der Waals surface area contributed by atoms with Gasteiger partial charge in [-0.05, 0) is 11.1 Å². The number of carbonyl (C=O) groups is 3. The number of rotatable bonds is 6. The second-order valence-corrected chi connectivity index (χ2v) is 9.11. The molecular formula is C25H22N4O5S. The van der Waals surface area contributed by atoms with E-state index >= 15 is 0 Å². The molecule has 35 heavy (non-hydrogen) atoms. The smallest absolute Gasteiger partial charge is 0.356 e. The molecule has 3 heterocycles. The molecule has 178 valence electrons. The van der Waals surface area contributed by atoms with Gasteiger partial charge in [-0.3, -0.25) is 14.5 Å². The Morgan fingerprint density at radius 1 is 1.14 bits per heavy atom. The average molecular weight is 491 g/mol. The Kier molecular flexibility index (Phi) is 6.16. The molecule has 0 spiro atoms. The second-order valence-electron chi connectivity index (χ2n) is 8.08. The van der Waals surface area contributed by atoms with E-state index in [1.807, 2.05) is 60.7 Å². The topological polar surface area (TPSA) is 124 Å². The Hall–Kier alpha value is -3.86. The molecule has 1 fully saturated rings. The number of β-lactam (4-membered cyclic amide) rings is 1. The molecule has 0 radical (unpaired) electrons. The predicted octanol–water partition coefficient (Wildman–Crippen LogP) is 2.67. The molecule has 2 amide bonds. The summed E-state index contributed by atoms with van der Waals surface area (Å²) in [6.45, 7) is 1.42. The Morgan fingerprint density at radius 3 is 2.37 bits per heavy atom. The molecule has 0 aliphatic carbocycles. The van der Waals surface area contributed by atoms with Crippen molar-refractivity contribution in [3.8, 4) is 0 Å². The lowest BCUT2D eigenvalue weighted by Gasteiger charge is -2.48. The fraction of sp³-hybridized carbons (Fsp3) is 0.200. The molecule has 2 aliphatic rings. The van der Waals surface area contributed by atoms with Crippen LogP contribution in [0.15, 0.2) is 72.6 Å². The van der Waals surface area contributed by atoms with Crippen LogP contribution in [0.5, 0.6) is 0 Å². The molecule has 2 aromatic carbocycles. The first kappa shape index (κ1) is 22.9. The van der Waals surface area contributed by atoms with Crippen LogP contribution in [-0.4, -0.2) is 46.5 Å². The van der Waals surface area contributed by atoms with Gasteiger partial charge in [-0.15, -0.1) is 0 Å². The lowest BCUT2D eigenvalue weighted by atomic mass is 9.98. The number of hydrogen-bond donors (Lipinski definition) is 2. The van der Waals surface area contributed by atoms with E-state index < -0.39 is 30.3 Å². The number of hydrogen-bond acceptors (Lipinski definition) is 8. The van der Waals surface area contributed by atoms with Crippen LogP contribution in [0.3, 0.4) is 0 Å². The summed E-state index contributed by atoms with van der Waals surface area (Å²) < 4.78 is 11.8. The van der Waals surface area contributed by atoms with Crippen LogP contribution in [0.4, 0.5) is 5.13 Å². The van der Waals surface area contributed by atoms with Crippen molar-refractivity contribution in [2.45, 2.75) is 25.3 Å². The lowest BCUT2D eigenvalue weighted by molar-refractivity contribution is -0.179. The molecule has 0 bridgehead atoms. The number of aromatic nitrogens is 1. The monoisotopic (exact) mass is 490 g/mol. The quantitative estimate of drug-likeness (QED) is 0.402. The van der Waals surface area contributed by atoms with E-state index in [0.29, 0.717) is 15.6 Å². The Balaban J connectivity index is 1.55. The van der Waals surface area contributed by atoms with E-state index in [2.05, 4.69) is 10.3 Å². The highest BCUT2D eigenvalue weighted by atomic mass is 32.1. The van der Waals surface area contributed by atoms with Gasteiger partial charge in [-0.2, -0.15) is 0 Å². The third-order valence-corrected chi connectivity index (χ3v) is 6.69. The Morgan fingerprint density at radius 2 is 1.77 bits per heavy atom. The number of thiazole rings is 1. The van der Waals surface area contributed by atoms with Gasteiger partial charge in [-0.1, -0.05) is 72.0 Å². The first-order valence-electron chi connectivity index (χ1n) is 10.9. The SMILES string of the molecule is CC(=O)Nc1ncc(C2=C(C(=O)OC(c3ccccc3)c3ccccc3)N3C(=O)C(N)C3OC2)s1. The van der Waals surface area contributed by atoms with Gasteiger partial charge in [0.15, 0.2) is 17.5 Å². The van der Waals surface area contributed by atoms with Crippen molar-refractivity contribution in [2.24, 2.45) is 5.73 Å². The molecule has 0 saturated carbocycles. The number of nitrogens with one attached hydrogen (secondary N) is 1. The minimum absolute atomic E-state index is 0.0373. The van der Waals surface area contributed by atoms with E-state index in [1.165, 1.54) is 29.4 Å². The van der Waals surface area contributed by atoms with Gasteiger partial charge >= 0.3 is 5.97 Å². The van der Waals surface area contributed by atoms with Gasteiger partial charge in [0.2, 0.25) is 5.91 Å². The molecule has 1 saturated heterocycles. The minimum Gasteiger partial charge on any atom is -0.448 e. The van der Waals surface area contributed by atoms with Crippen molar-refractivity contribution in [2.75, 3.05) is 11.9 Å². The number of esters is 1. The third-order valence-electron chi connectivity index (χ3n) is 5.72. The maximum atomic E-state index is 13.7. The van der Waals surface area contributed by atoms with Crippen molar-refractivity contribution >= 4 is 39.8 Å². The number of benzene rings is 2. The number of nitrogens with two attached hydrogens (primary N) is 1. The van der Waals surface area contributed by atoms with Crippen LogP contribution in [0, 0.1) is 0 Å². The Labute approximate surface area is 205 Å². The molecule has 5 rings (SSSR count). The summed E-state index contributed by atoms with van der Waals surface area (Å²) in [6.07, 6.45) is 0.0861. The summed E-state index contributed by atoms with van der Waals surface area (Å²) in [7, 11) is 0. The normalized spacial score (nSPS) is 19.3. The summed E-state index contributed by atoms with van der Waals surface area (Å²) in [6, 6.07) is 17.9. The van der Waals surface area contributed by atoms with E-state index in [4.69, 9.17) is 15.2 Å². The number of amides is 2. The molecule has 1 aromatic heterocycles. The molecule has 10 heteroatoms. The van der Waals surface area contributed by atoms with Crippen molar-refractivity contribution in [1.29, 1.82) is 0 Å². The molecule has 3 aromatic rings. The zero-order valence-corrected chi connectivity index (χ0v) is 19.5. The number of fused-ring (bicyclic) bond motifs is 1. The number of ether oxygens (including phenoxy) is 2. The zero-order valence-electron chi connectivity index (χ0n) is 18.7. The zero-order chi connectivity index (χ0) is 24.5.